The fourth-order valence-corrected chi connectivity index (χ4v) is 8.04. The Bertz CT molecular complexity index is 1600. The van der Waals surface area contributed by atoms with Crippen molar-refractivity contribution in [2.45, 2.75) is 0 Å². The third kappa shape index (κ3) is 11.7. The molecule has 0 radical (unpaired) electrons. The second-order valence-electron chi connectivity index (χ2n) is 9.57. The summed E-state index contributed by atoms with van der Waals surface area (Å²) in [5.74, 6) is 0. The topological polar surface area (TPSA) is 0 Å². The fraction of sp³-hybridized carbons (Fsp3) is 0. The smallest absolute Gasteiger partial charge is 0.0809 e. The van der Waals surface area contributed by atoms with E-state index in [1.165, 1.54) is 31.9 Å². The average Bonchev–Trinajstić information content (AvgIpc) is 3.82. The van der Waals surface area contributed by atoms with Gasteiger partial charge in [0.05, 0.1) is 0 Å². The first kappa shape index (κ1) is 32.6. The molecular formula is C42H34SiZr-4. The Balaban J connectivity index is 0.000000130. The van der Waals surface area contributed by atoms with Crippen LogP contribution < -0.4 is 10.4 Å². The van der Waals surface area contributed by atoms with Crippen LogP contribution in [0.2, 0.25) is 0 Å². The first-order valence-corrected chi connectivity index (χ1v) is 19.7. The maximum Gasteiger partial charge on any atom is -0.0809 e. The largest absolute Gasteiger partial charge is 0.184 e. The van der Waals surface area contributed by atoms with Gasteiger partial charge in [0, 0.05) is 0 Å². The van der Waals surface area contributed by atoms with Crippen LogP contribution in [-0.4, -0.2) is 5.43 Å². The normalized spacial score (nSPS) is 9.43. The predicted molar refractivity (Wildman–Crippen MR) is 188 cm³/mol. The molecule has 2 heteroatoms. The van der Waals surface area contributed by atoms with Crippen molar-refractivity contribution in [1.82, 2.24) is 0 Å². The van der Waals surface area contributed by atoms with Gasteiger partial charge in [-0.1, -0.05) is 12.1 Å². The molecule has 0 saturated heterocycles. The molecule has 0 aliphatic carbocycles. The Morgan fingerprint density at radius 2 is 0.727 bits per heavy atom. The van der Waals surface area contributed by atoms with Crippen molar-refractivity contribution in [2.24, 2.45) is 0 Å². The molecule has 0 N–H and O–H groups in total. The molecule has 214 valence electrons. The third-order valence-corrected chi connectivity index (χ3v) is 12.5. The molecule has 0 nitrogen and oxygen atoms in total. The maximum absolute atomic E-state index is 2.89. The third-order valence-electron chi connectivity index (χ3n) is 6.43. The van der Waals surface area contributed by atoms with Crippen molar-refractivity contribution in [3.8, 4) is 0 Å². The summed E-state index contributed by atoms with van der Waals surface area (Å²) in [7, 11) is 0. The summed E-state index contributed by atoms with van der Waals surface area (Å²) in [6.07, 6.45) is 0. The van der Waals surface area contributed by atoms with Crippen LogP contribution in [0.3, 0.4) is 0 Å². The molecule has 0 saturated carbocycles. The Kier molecular flexibility index (Phi) is 14.6. The van der Waals surface area contributed by atoms with E-state index in [-0.39, 0.29) is 0 Å². The van der Waals surface area contributed by atoms with Crippen LogP contribution in [0.5, 0.6) is 0 Å². The molecule has 0 unspecified atom stereocenters. The van der Waals surface area contributed by atoms with Crippen molar-refractivity contribution < 1.29 is 23.3 Å². The minimum atomic E-state index is -0.455. The van der Waals surface area contributed by atoms with Crippen LogP contribution in [0.15, 0.2) is 206 Å². The van der Waals surface area contributed by atoms with Gasteiger partial charge in [-0.15, -0.1) is 59.3 Å². The summed E-state index contributed by atoms with van der Waals surface area (Å²) in [4.78, 5) is 0. The molecule has 0 aliphatic rings. The van der Waals surface area contributed by atoms with Crippen molar-refractivity contribution in [3.63, 3.8) is 0 Å². The Hall–Kier alpha value is -4.36. The number of hydrogen-bond donors (Lipinski definition) is 0. The number of fused-ring (bicyclic) bond motifs is 2. The van der Waals surface area contributed by atoms with Crippen molar-refractivity contribution >= 4 is 37.4 Å². The molecule has 0 atom stereocenters. The summed E-state index contributed by atoms with van der Waals surface area (Å²) in [5.41, 5.74) is -0.455. The molecule has 0 aliphatic heterocycles. The average molecular weight is 658 g/mol. The Morgan fingerprint density at radius 3 is 1.05 bits per heavy atom. The van der Waals surface area contributed by atoms with E-state index in [1.807, 2.05) is 60.7 Å². The van der Waals surface area contributed by atoms with E-state index in [9.17, 15) is 0 Å². The van der Waals surface area contributed by atoms with Gasteiger partial charge in [0.15, 0.2) is 0 Å². The Labute approximate surface area is 277 Å². The molecule has 0 bridgehead atoms. The van der Waals surface area contributed by atoms with Gasteiger partial charge >= 0.3 is 99.8 Å². The van der Waals surface area contributed by atoms with Gasteiger partial charge in [-0.2, -0.15) is 108 Å². The molecule has 8 rings (SSSR count). The summed E-state index contributed by atoms with van der Waals surface area (Å²) in [6, 6.07) is 76.0. The van der Waals surface area contributed by atoms with Gasteiger partial charge in [0.2, 0.25) is 0 Å². The van der Waals surface area contributed by atoms with Crippen molar-refractivity contribution in [3.05, 3.63) is 218 Å². The van der Waals surface area contributed by atoms with E-state index in [0.29, 0.717) is 0 Å². The second kappa shape index (κ2) is 19.8. The van der Waals surface area contributed by atoms with E-state index in [1.54, 1.807) is 23.3 Å². The summed E-state index contributed by atoms with van der Waals surface area (Å²) in [5, 5.41) is 8.36. The number of rotatable bonds is 2. The van der Waals surface area contributed by atoms with Crippen LogP contribution in [0.1, 0.15) is 0 Å². The fourth-order valence-electron chi connectivity index (χ4n) is 4.20. The van der Waals surface area contributed by atoms with Crippen LogP contribution in [-0.2, 0) is 23.3 Å². The molecular weight excluding hydrogens is 624 g/mol. The van der Waals surface area contributed by atoms with Crippen LogP contribution in [0.4, 0.5) is 0 Å². The van der Waals surface area contributed by atoms with E-state index in [4.69, 9.17) is 0 Å². The molecule has 8 aromatic rings. The number of hydrogen-bond acceptors (Lipinski definition) is 0. The molecule has 0 fully saturated rings. The summed E-state index contributed by atoms with van der Waals surface area (Å²) < 4.78 is 0. The van der Waals surface area contributed by atoms with E-state index in [0.717, 1.165) is 0 Å². The maximum atomic E-state index is 2.89. The minimum Gasteiger partial charge on any atom is -0.184 e. The minimum absolute atomic E-state index is 0.455. The number of benzene rings is 6. The summed E-state index contributed by atoms with van der Waals surface area (Å²) >= 11 is 1.64. The van der Waals surface area contributed by atoms with E-state index >= 15 is 0 Å². The zero-order valence-electron chi connectivity index (χ0n) is 24.6. The van der Waals surface area contributed by atoms with Crippen molar-refractivity contribution in [2.75, 3.05) is 0 Å². The SMILES string of the molecule is [Zr]=[Si](c1ccccc1)c1ccccc1.[c-]1ccccc1.[c-]1ccccc1.c1ccc2[cH-]ccc2c1.c1ccc2[cH-]ccc2c1. The van der Waals surface area contributed by atoms with Gasteiger partial charge in [-0.05, 0) is 0 Å². The van der Waals surface area contributed by atoms with E-state index < -0.39 is 5.43 Å². The predicted octanol–water partition coefficient (Wildman–Crippen LogP) is 9.43. The quantitative estimate of drug-likeness (QED) is 0.128. The van der Waals surface area contributed by atoms with Gasteiger partial charge in [0.1, 0.15) is 0 Å². The molecule has 0 spiro atoms. The molecule has 0 heterocycles. The van der Waals surface area contributed by atoms with E-state index in [2.05, 4.69) is 158 Å². The van der Waals surface area contributed by atoms with Gasteiger partial charge in [-0.25, -0.2) is 0 Å². The van der Waals surface area contributed by atoms with Crippen LogP contribution in [0, 0.1) is 12.1 Å². The standard InChI is InChI=1S/C12H10Si.2C9H7.2C6H5.Zr/c1-3-7-11(8-4-1)13-12-9-5-2-6-10-12;2*1-2-5-9-7-3-6-8(9)4-1;2*1-2-4-6-5-3-1;/h1-10H;2*1-7H;2*1-5H;/q;4*-1;. The first-order chi connectivity index (χ1) is 21.8. The van der Waals surface area contributed by atoms with Crippen LogP contribution >= 0.6 is 0 Å². The van der Waals surface area contributed by atoms with Crippen LogP contribution in [0.25, 0.3) is 21.5 Å². The van der Waals surface area contributed by atoms with Gasteiger partial charge in [0.25, 0.3) is 0 Å². The zero-order valence-corrected chi connectivity index (χ0v) is 28.1. The molecule has 44 heavy (non-hydrogen) atoms. The summed E-state index contributed by atoms with van der Waals surface area (Å²) in [6.45, 7) is 0. The zero-order chi connectivity index (χ0) is 30.5. The molecule has 0 aromatic heterocycles. The molecule has 8 aromatic carbocycles. The van der Waals surface area contributed by atoms with Gasteiger partial charge in [-0.3, -0.25) is 0 Å². The van der Waals surface area contributed by atoms with Gasteiger partial charge < -0.3 is 0 Å². The second-order valence-corrected chi connectivity index (χ2v) is 15.2. The molecule has 0 amide bonds. The van der Waals surface area contributed by atoms with Crippen molar-refractivity contribution in [1.29, 1.82) is 0 Å². The first-order valence-electron chi connectivity index (χ1n) is 14.5. The monoisotopic (exact) mass is 656 g/mol. The Morgan fingerprint density at radius 1 is 0.386 bits per heavy atom.